The van der Waals surface area contributed by atoms with Gasteiger partial charge in [-0.05, 0) is 43.2 Å². The van der Waals surface area contributed by atoms with Gasteiger partial charge in [0.25, 0.3) is 0 Å². The number of hydrogen-bond donors (Lipinski definition) is 0. The van der Waals surface area contributed by atoms with Crippen LogP contribution in [0.1, 0.15) is 24.6 Å². The highest BCUT2D eigenvalue weighted by atomic mass is 16.5. The highest BCUT2D eigenvalue weighted by Crippen LogP contribution is 2.37. The lowest BCUT2D eigenvalue weighted by Gasteiger charge is -2.25. The van der Waals surface area contributed by atoms with Crippen molar-refractivity contribution in [2.24, 2.45) is 0 Å². The van der Waals surface area contributed by atoms with Gasteiger partial charge >= 0.3 is 0 Å². The fraction of sp³-hybridized carbons (Fsp3) is 0.250. The van der Waals surface area contributed by atoms with Crippen molar-refractivity contribution in [3.05, 3.63) is 66.7 Å². The maximum atomic E-state index is 5.47. The Bertz CT molecular complexity index is 1200. The van der Waals surface area contributed by atoms with Crippen LogP contribution in [-0.4, -0.2) is 40.9 Å². The van der Waals surface area contributed by atoms with E-state index in [0.29, 0.717) is 11.5 Å². The first-order valence-electron chi connectivity index (χ1n) is 10.3. The summed E-state index contributed by atoms with van der Waals surface area (Å²) in [5.74, 6) is 2.25. The maximum absolute atomic E-state index is 5.47. The van der Waals surface area contributed by atoms with E-state index in [1.807, 2.05) is 36.7 Å². The molecule has 0 aliphatic carbocycles. The molecule has 31 heavy (non-hydrogen) atoms. The molecule has 3 aromatic heterocycles. The molecule has 4 aromatic rings. The molecule has 1 aliphatic heterocycles. The minimum absolute atomic E-state index is 0.264. The topological polar surface area (TPSA) is 73.3 Å². The molecule has 1 atom stereocenters. The van der Waals surface area contributed by atoms with Gasteiger partial charge in [-0.2, -0.15) is 10.2 Å². The number of rotatable bonds is 5. The van der Waals surface area contributed by atoms with Crippen LogP contribution in [0.3, 0.4) is 0 Å². The molecule has 0 radical (unpaired) electrons. The van der Waals surface area contributed by atoms with Crippen LogP contribution in [0, 0.1) is 0 Å². The zero-order valence-electron chi connectivity index (χ0n) is 17.5. The predicted octanol–water partition coefficient (Wildman–Crippen LogP) is 4.45. The molecule has 4 heterocycles. The number of pyridine rings is 2. The molecular weight excluding hydrogens is 390 g/mol. The third kappa shape index (κ3) is 3.52. The molecule has 0 saturated carbocycles. The highest BCUT2D eigenvalue weighted by Gasteiger charge is 2.28. The van der Waals surface area contributed by atoms with Gasteiger partial charge in [0.1, 0.15) is 5.82 Å². The van der Waals surface area contributed by atoms with Gasteiger partial charge in [0.15, 0.2) is 11.5 Å². The van der Waals surface area contributed by atoms with E-state index < -0.39 is 0 Å². The van der Waals surface area contributed by atoms with Crippen LogP contribution in [0.15, 0.2) is 61.1 Å². The lowest BCUT2D eigenvalue weighted by molar-refractivity contribution is 0.356. The Morgan fingerprint density at radius 3 is 2.58 bits per heavy atom. The van der Waals surface area contributed by atoms with Gasteiger partial charge in [-0.25, -0.2) is 4.98 Å². The van der Waals surface area contributed by atoms with E-state index in [1.165, 1.54) is 0 Å². The minimum Gasteiger partial charge on any atom is -0.493 e. The number of methoxy groups -OCH3 is 2. The molecule has 0 amide bonds. The summed E-state index contributed by atoms with van der Waals surface area (Å²) in [5.41, 5.74) is 3.77. The molecule has 1 fully saturated rings. The Hall–Kier alpha value is -3.74. The zero-order chi connectivity index (χ0) is 21.2. The number of nitrogens with zero attached hydrogens (tertiary/aromatic N) is 5. The smallest absolute Gasteiger partial charge is 0.162 e. The van der Waals surface area contributed by atoms with Crippen molar-refractivity contribution in [1.82, 2.24) is 20.2 Å². The molecule has 7 nitrogen and oxygen atoms in total. The molecule has 7 heteroatoms. The van der Waals surface area contributed by atoms with Crippen LogP contribution >= 0.6 is 0 Å². The second-order valence-corrected chi connectivity index (χ2v) is 7.49. The Balaban J connectivity index is 1.50. The number of aromatic nitrogens is 4. The fourth-order valence-electron chi connectivity index (χ4n) is 4.25. The first-order chi connectivity index (χ1) is 15.3. The third-order valence-corrected chi connectivity index (χ3v) is 5.78. The highest BCUT2D eigenvalue weighted by molar-refractivity contribution is 5.95. The number of fused-ring (bicyclic) bond motifs is 1. The number of anilines is 1. The molecule has 1 saturated heterocycles. The molecule has 1 aliphatic rings. The molecule has 0 N–H and O–H groups in total. The van der Waals surface area contributed by atoms with Crippen LogP contribution in [0.5, 0.6) is 11.5 Å². The summed E-state index contributed by atoms with van der Waals surface area (Å²) in [6.45, 7) is 0.977. The number of ether oxygens (including phenoxy) is 2. The molecule has 0 bridgehead atoms. The van der Waals surface area contributed by atoms with Crippen molar-refractivity contribution in [3.8, 4) is 22.6 Å². The van der Waals surface area contributed by atoms with Gasteiger partial charge < -0.3 is 14.4 Å². The average Bonchev–Trinajstić information content (AvgIpc) is 3.33. The third-order valence-electron chi connectivity index (χ3n) is 5.78. The van der Waals surface area contributed by atoms with Crippen molar-refractivity contribution in [1.29, 1.82) is 0 Å². The van der Waals surface area contributed by atoms with Gasteiger partial charge in [0.05, 0.1) is 37.7 Å². The van der Waals surface area contributed by atoms with Crippen molar-refractivity contribution in [3.63, 3.8) is 0 Å². The first-order valence-corrected chi connectivity index (χ1v) is 10.3. The summed E-state index contributed by atoms with van der Waals surface area (Å²) in [7, 11) is 3.24. The van der Waals surface area contributed by atoms with Crippen LogP contribution in [0.4, 0.5) is 5.82 Å². The van der Waals surface area contributed by atoms with Crippen molar-refractivity contribution in [2.75, 3.05) is 25.7 Å². The van der Waals surface area contributed by atoms with E-state index in [2.05, 4.69) is 38.3 Å². The SMILES string of the molecule is COc1cc2nncc(-c3ccc(N4CCCC4c4ccccn4)nc3)c2cc1OC. The van der Waals surface area contributed by atoms with Gasteiger partial charge in [-0.1, -0.05) is 6.07 Å². The Labute approximate surface area is 180 Å². The number of benzene rings is 1. The standard InChI is InChI=1S/C24H23N5O2/c1-30-22-12-17-18(15-27-28-20(17)13-23(22)31-2)16-8-9-24(26-14-16)29-11-5-7-21(29)19-6-3-4-10-25-19/h3-4,6,8-10,12-15,21H,5,7,11H2,1-2H3. The van der Waals surface area contributed by atoms with Gasteiger partial charge in [0.2, 0.25) is 0 Å². The summed E-state index contributed by atoms with van der Waals surface area (Å²) in [6, 6.07) is 14.3. The summed E-state index contributed by atoms with van der Waals surface area (Å²) >= 11 is 0. The maximum Gasteiger partial charge on any atom is 0.162 e. The first kappa shape index (κ1) is 19.2. The van der Waals surface area contributed by atoms with Crippen molar-refractivity contribution >= 4 is 16.7 Å². The average molecular weight is 413 g/mol. The van der Waals surface area contributed by atoms with Crippen molar-refractivity contribution in [2.45, 2.75) is 18.9 Å². The monoisotopic (exact) mass is 413 g/mol. The zero-order valence-corrected chi connectivity index (χ0v) is 17.5. The van der Waals surface area contributed by atoms with Crippen LogP contribution in [-0.2, 0) is 0 Å². The molecular formula is C24H23N5O2. The Morgan fingerprint density at radius 1 is 0.968 bits per heavy atom. The molecule has 156 valence electrons. The normalized spacial score (nSPS) is 15.9. The summed E-state index contributed by atoms with van der Waals surface area (Å²) in [4.78, 5) is 11.7. The van der Waals surface area contributed by atoms with E-state index in [9.17, 15) is 0 Å². The van der Waals surface area contributed by atoms with E-state index in [4.69, 9.17) is 14.5 Å². The second-order valence-electron chi connectivity index (χ2n) is 7.49. The summed E-state index contributed by atoms with van der Waals surface area (Å²) < 4.78 is 10.9. The molecule has 5 rings (SSSR count). The fourth-order valence-corrected chi connectivity index (χ4v) is 4.25. The molecule has 1 unspecified atom stereocenters. The Morgan fingerprint density at radius 2 is 1.84 bits per heavy atom. The minimum atomic E-state index is 0.264. The largest absolute Gasteiger partial charge is 0.493 e. The lowest BCUT2D eigenvalue weighted by Crippen LogP contribution is -2.24. The summed E-state index contributed by atoms with van der Waals surface area (Å²) in [6.07, 6.45) is 7.73. The predicted molar refractivity (Wildman–Crippen MR) is 119 cm³/mol. The van der Waals surface area contributed by atoms with Gasteiger partial charge in [-0.3, -0.25) is 4.98 Å². The molecule has 0 spiro atoms. The van der Waals surface area contributed by atoms with Crippen LogP contribution in [0.25, 0.3) is 22.0 Å². The summed E-state index contributed by atoms with van der Waals surface area (Å²) in [5, 5.41) is 9.37. The Kier molecular flexibility index (Phi) is 5.08. The van der Waals surface area contributed by atoms with E-state index in [1.54, 1.807) is 20.4 Å². The van der Waals surface area contributed by atoms with E-state index in [0.717, 1.165) is 52.9 Å². The van der Waals surface area contributed by atoms with E-state index >= 15 is 0 Å². The lowest BCUT2D eigenvalue weighted by atomic mass is 10.0. The van der Waals surface area contributed by atoms with Gasteiger partial charge in [-0.15, -0.1) is 0 Å². The van der Waals surface area contributed by atoms with Crippen LogP contribution in [0.2, 0.25) is 0 Å². The van der Waals surface area contributed by atoms with E-state index in [-0.39, 0.29) is 6.04 Å². The van der Waals surface area contributed by atoms with Crippen LogP contribution < -0.4 is 14.4 Å². The number of hydrogen-bond acceptors (Lipinski definition) is 7. The molecule has 1 aromatic carbocycles. The second kappa shape index (κ2) is 8.18. The van der Waals surface area contributed by atoms with Crippen molar-refractivity contribution < 1.29 is 9.47 Å². The van der Waals surface area contributed by atoms with Gasteiger partial charge in [0, 0.05) is 41.5 Å². The quantitative estimate of drug-likeness (QED) is 0.479.